The van der Waals surface area contributed by atoms with Crippen molar-refractivity contribution in [3.8, 4) is 17.1 Å². The van der Waals surface area contributed by atoms with Crippen molar-refractivity contribution < 1.29 is 42.3 Å². The number of rotatable bonds is 8. The summed E-state index contributed by atoms with van der Waals surface area (Å²) in [5, 5.41) is 11.9. The van der Waals surface area contributed by atoms with E-state index in [2.05, 4.69) is 11.1 Å². The first-order valence-corrected chi connectivity index (χ1v) is 14.7. The van der Waals surface area contributed by atoms with Crippen molar-refractivity contribution >= 4 is 18.7 Å². The Hall–Kier alpha value is -3.12. The van der Waals surface area contributed by atoms with E-state index in [1.54, 1.807) is 17.6 Å². The Morgan fingerprint density at radius 3 is 2.63 bits per heavy atom. The first-order chi connectivity index (χ1) is 19.1. The van der Waals surface area contributed by atoms with Crippen LogP contribution in [0.15, 0.2) is 35.3 Å². The molecule has 0 spiro atoms. The number of pyridine rings is 2. The van der Waals surface area contributed by atoms with Crippen LogP contribution < -0.4 is 10.3 Å². The van der Waals surface area contributed by atoms with Gasteiger partial charge < -0.3 is 33.4 Å². The highest BCUT2D eigenvalue weighted by atomic mass is 31.2. The molecule has 3 N–H and O–H groups in total. The monoisotopic (exact) mass is 590 g/mol. The van der Waals surface area contributed by atoms with E-state index in [9.17, 15) is 14.5 Å². The van der Waals surface area contributed by atoms with Gasteiger partial charge in [0.15, 0.2) is 11.6 Å². The molecule has 4 heterocycles. The Labute approximate surface area is 236 Å². The maximum Gasteiger partial charge on any atom is 0.472 e. The lowest BCUT2D eigenvalue weighted by atomic mass is 9.84. The molecule has 41 heavy (non-hydrogen) atoms. The molecule has 2 aromatic heterocycles. The number of aliphatic hydroxyl groups is 1. The fourth-order valence-electron chi connectivity index (χ4n) is 5.31. The van der Waals surface area contributed by atoms with Crippen molar-refractivity contribution in [2.45, 2.75) is 58.5 Å². The molecule has 0 aliphatic carbocycles. The van der Waals surface area contributed by atoms with E-state index in [-0.39, 0.29) is 42.7 Å². The molecule has 0 fully saturated rings. The van der Waals surface area contributed by atoms with Crippen LogP contribution in [0.2, 0.25) is 0 Å². The number of halogens is 1. The molecular weight excluding hydrogens is 556 g/mol. The van der Waals surface area contributed by atoms with E-state index < -0.39 is 26.0 Å². The van der Waals surface area contributed by atoms with Crippen molar-refractivity contribution in [1.29, 1.82) is 0 Å². The van der Waals surface area contributed by atoms with E-state index in [1.807, 2.05) is 34.0 Å². The predicted molar refractivity (Wildman–Crippen MR) is 148 cm³/mol. The summed E-state index contributed by atoms with van der Waals surface area (Å²) in [4.78, 5) is 36.5. The number of nitrogens with zero attached hydrogens (tertiary/aromatic N) is 3. The van der Waals surface area contributed by atoms with Crippen LogP contribution in [0.25, 0.3) is 22.3 Å². The maximum atomic E-state index is 15.6. The smallest absolute Gasteiger partial charge is 0.472 e. The summed E-state index contributed by atoms with van der Waals surface area (Å²) < 4.78 is 44.2. The van der Waals surface area contributed by atoms with Crippen molar-refractivity contribution in [1.82, 2.24) is 9.55 Å². The predicted octanol–water partition coefficient (Wildman–Crippen LogP) is 3.64. The highest BCUT2D eigenvalue weighted by Gasteiger charge is 2.41. The molecule has 11 nitrogen and oxygen atoms in total. The van der Waals surface area contributed by atoms with Gasteiger partial charge in [-0.25, -0.2) is 18.5 Å². The molecule has 0 saturated heterocycles. The average molecular weight is 591 g/mol. The lowest BCUT2D eigenvalue weighted by Gasteiger charge is -2.35. The van der Waals surface area contributed by atoms with Gasteiger partial charge >= 0.3 is 7.82 Å². The number of ether oxygens (including phenoxy) is 2. The largest absolute Gasteiger partial charge is 0.490 e. The van der Waals surface area contributed by atoms with Gasteiger partial charge in [0.1, 0.15) is 24.5 Å². The van der Waals surface area contributed by atoms with Gasteiger partial charge in [0.25, 0.3) is 5.56 Å². The molecule has 2 aliphatic rings. The summed E-state index contributed by atoms with van der Waals surface area (Å²) in [6, 6.07) is 4.92. The summed E-state index contributed by atoms with van der Waals surface area (Å²) in [7, 11) is -0.890. The molecule has 1 atom stereocenters. The Balaban J connectivity index is 1.69. The average Bonchev–Trinajstić information content (AvgIpc) is 3.24. The number of fused-ring (bicyclic) bond motifs is 5. The fourth-order valence-corrected chi connectivity index (χ4v) is 5.50. The summed E-state index contributed by atoms with van der Waals surface area (Å²) in [5.41, 5.74) is 1.44. The van der Waals surface area contributed by atoms with Crippen LogP contribution in [-0.2, 0) is 39.1 Å². The SMILES string of the molecule is C=C1OCc2c(cc3n(c2=O)Cc2cc4c(C[N+](C)(C)C(C)C)c(OCOP(=O)(O)O)c(F)cc4nc2-3)[C@@]1(O)CC. The van der Waals surface area contributed by atoms with E-state index in [1.165, 1.54) is 6.07 Å². The van der Waals surface area contributed by atoms with Crippen LogP contribution >= 0.6 is 7.82 Å². The third-order valence-electron chi connectivity index (χ3n) is 8.38. The summed E-state index contributed by atoms with van der Waals surface area (Å²) in [6.45, 7) is 9.33. The highest BCUT2D eigenvalue weighted by Crippen LogP contribution is 2.43. The second kappa shape index (κ2) is 10.0. The minimum atomic E-state index is -4.84. The zero-order valence-electron chi connectivity index (χ0n) is 23.6. The van der Waals surface area contributed by atoms with Gasteiger partial charge in [0, 0.05) is 22.6 Å². The van der Waals surface area contributed by atoms with Crippen LogP contribution in [0, 0.1) is 5.82 Å². The first-order valence-electron chi connectivity index (χ1n) is 13.2. The van der Waals surface area contributed by atoms with Gasteiger partial charge in [-0.3, -0.25) is 4.79 Å². The maximum absolute atomic E-state index is 15.6. The van der Waals surface area contributed by atoms with Crippen molar-refractivity contribution in [2.24, 2.45) is 0 Å². The highest BCUT2D eigenvalue weighted by molar-refractivity contribution is 7.46. The van der Waals surface area contributed by atoms with Gasteiger partial charge in [-0.2, -0.15) is 0 Å². The lowest BCUT2D eigenvalue weighted by Crippen LogP contribution is -2.45. The van der Waals surface area contributed by atoms with Crippen LogP contribution in [0.4, 0.5) is 4.39 Å². The Bertz CT molecular complexity index is 1700. The summed E-state index contributed by atoms with van der Waals surface area (Å²) in [5.74, 6) is -0.784. The minimum absolute atomic E-state index is 0.00369. The molecule has 1 aromatic carbocycles. The minimum Gasteiger partial charge on any atom is -0.490 e. The van der Waals surface area contributed by atoms with Crippen molar-refractivity contribution in [3.05, 3.63) is 69.0 Å². The van der Waals surface area contributed by atoms with Gasteiger partial charge in [-0.15, -0.1) is 0 Å². The lowest BCUT2D eigenvalue weighted by molar-refractivity contribution is -0.924. The molecule has 0 saturated carbocycles. The van der Waals surface area contributed by atoms with Gasteiger partial charge in [-0.1, -0.05) is 13.5 Å². The molecule has 3 aromatic rings. The zero-order chi connectivity index (χ0) is 30.1. The quantitative estimate of drug-likeness (QED) is 0.159. The van der Waals surface area contributed by atoms with Crippen molar-refractivity contribution in [2.75, 3.05) is 20.9 Å². The van der Waals surface area contributed by atoms with Gasteiger partial charge in [0.2, 0.25) is 6.79 Å². The number of benzene rings is 1. The van der Waals surface area contributed by atoms with Crippen LogP contribution in [0.3, 0.4) is 0 Å². The normalized spacial score (nSPS) is 18.3. The number of hydrogen-bond acceptors (Lipinski definition) is 7. The third-order valence-corrected chi connectivity index (χ3v) is 8.82. The number of hydrogen-bond donors (Lipinski definition) is 3. The summed E-state index contributed by atoms with van der Waals surface area (Å²) >= 11 is 0. The number of quaternary nitrogens is 1. The van der Waals surface area contributed by atoms with Crippen LogP contribution in [0.5, 0.6) is 5.75 Å². The van der Waals surface area contributed by atoms with E-state index in [0.717, 1.165) is 5.56 Å². The second-order valence-electron chi connectivity index (χ2n) is 11.4. The fraction of sp³-hybridized carbons (Fsp3) is 0.429. The van der Waals surface area contributed by atoms with Crippen molar-refractivity contribution in [3.63, 3.8) is 0 Å². The number of phosphoric ester groups is 1. The molecule has 0 amide bonds. The number of aromatic nitrogens is 2. The molecular formula is C28H34FN3O8P+. The molecule has 5 rings (SSSR count). The molecule has 0 unspecified atom stereocenters. The van der Waals surface area contributed by atoms with Crippen LogP contribution in [-0.4, -0.2) is 55.9 Å². The van der Waals surface area contributed by atoms with E-state index in [4.69, 9.17) is 24.2 Å². The summed E-state index contributed by atoms with van der Waals surface area (Å²) in [6.07, 6.45) is 0.257. The standard InChI is InChI=1S/C28H33FN3O8P/c1-7-28(34)16(4)38-13-20-21(28)9-24-25-17(11-31(24)27(20)33)8-18-19(12-32(5,6)15(2)3)26(22(29)10-23(18)30-25)39-14-40-41(35,36)37/h8-10,15,34H,4,7,11-14H2,1-3,5-6H3,(H-,35,36,37)/p+1/t28-/m1/s1. The Kier molecular flexibility index (Phi) is 7.17. The van der Waals surface area contributed by atoms with E-state index in [0.29, 0.717) is 50.0 Å². The molecule has 0 bridgehead atoms. The topological polar surface area (TPSA) is 140 Å². The molecule has 2 aliphatic heterocycles. The van der Waals surface area contributed by atoms with Gasteiger partial charge in [-0.05, 0) is 32.4 Å². The zero-order valence-corrected chi connectivity index (χ0v) is 24.5. The number of phosphoric acid groups is 1. The first kappa shape index (κ1) is 29.4. The third kappa shape index (κ3) is 4.98. The molecule has 0 radical (unpaired) electrons. The second-order valence-corrected chi connectivity index (χ2v) is 12.6. The van der Waals surface area contributed by atoms with E-state index >= 15 is 4.39 Å². The molecule has 13 heteroatoms. The van der Waals surface area contributed by atoms with Gasteiger partial charge in [0.05, 0.1) is 54.7 Å². The van der Waals surface area contributed by atoms with Crippen LogP contribution in [0.1, 0.15) is 49.4 Å². The Morgan fingerprint density at radius 2 is 2.00 bits per heavy atom. The molecule has 220 valence electrons. The Morgan fingerprint density at radius 1 is 1.29 bits per heavy atom.